The van der Waals surface area contributed by atoms with Gasteiger partial charge in [0.25, 0.3) is 10.1 Å². The van der Waals surface area contributed by atoms with E-state index in [1.165, 1.54) is 12.1 Å². The largest absolute Gasteiger partial charge is 0.464 e. The summed E-state index contributed by atoms with van der Waals surface area (Å²) < 4.78 is 34.6. The van der Waals surface area contributed by atoms with Crippen LogP contribution in [0.1, 0.15) is 33.3 Å². The fraction of sp³-hybridized carbons (Fsp3) is 0.562. The van der Waals surface area contributed by atoms with Crippen LogP contribution in [0.2, 0.25) is 0 Å². The molecule has 0 aliphatic rings. The molecule has 1 N–H and O–H groups in total. The zero-order valence-electron chi connectivity index (χ0n) is 14.1. The zero-order chi connectivity index (χ0) is 17.8. The molecule has 7 heteroatoms. The van der Waals surface area contributed by atoms with Crippen LogP contribution in [-0.2, 0) is 23.8 Å². The Labute approximate surface area is 137 Å². The molecular formula is C16H24O6S. The van der Waals surface area contributed by atoms with Gasteiger partial charge in [0.15, 0.2) is 0 Å². The summed E-state index contributed by atoms with van der Waals surface area (Å²) in [6.07, 6.45) is -2.97. The fourth-order valence-corrected chi connectivity index (χ4v) is 2.83. The summed E-state index contributed by atoms with van der Waals surface area (Å²) in [6.45, 7) is 8.48. The number of ether oxygens (including phenoxy) is 1. The molecule has 1 aromatic rings. The van der Waals surface area contributed by atoms with Crippen LogP contribution >= 0.6 is 0 Å². The van der Waals surface area contributed by atoms with E-state index in [0.717, 1.165) is 5.56 Å². The summed E-state index contributed by atoms with van der Waals surface area (Å²) in [5, 5.41) is 10.3. The van der Waals surface area contributed by atoms with Crippen molar-refractivity contribution in [1.29, 1.82) is 0 Å². The third-order valence-electron chi connectivity index (χ3n) is 3.23. The van der Waals surface area contributed by atoms with Crippen LogP contribution < -0.4 is 0 Å². The van der Waals surface area contributed by atoms with Crippen LogP contribution in [-0.4, -0.2) is 38.3 Å². The lowest BCUT2D eigenvalue weighted by Crippen LogP contribution is -2.46. The average molecular weight is 344 g/mol. The maximum atomic E-state index is 12.4. The van der Waals surface area contributed by atoms with Crippen molar-refractivity contribution in [2.45, 2.75) is 51.7 Å². The first-order chi connectivity index (χ1) is 10.5. The predicted molar refractivity (Wildman–Crippen MR) is 85.3 cm³/mol. The van der Waals surface area contributed by atoms with Gasteiger partial charge in [0.05, 0.1) is 17.6 Å². The van der Waals surface area contributed by atoms with Gasteiger partial charge in [-0.3, -0.25) is 0 Å². The summed E-state index contributed by atoms with van der Waals surface area (Å²) in [7, 11) is -4.21. The van der Waals surface area contributed by atoms with Crippen molar-refractivity contribution in [1.82, 2.24) is 0 Å². The number of carbonyl (C=O) groups excluding carboxylic acids is 1. The van der Waals surface area contributed by atoms with Gasteiger partial charge in [-0.15, -0.1) is 0 Å². The molecule has 0 radical (unpaired) electrons. The Balaban J connectivity index is 3.13. The Morgan fingerprint density at radius 3 is 2.17 bits per heavy atom. The Morgan fingerprint density at radius 2 is 1.74 bits per heavy atom. The van der Waals surface area contributed by atoms with E-state index >= 15 is 0 Å². The number of esters is 1. The highest BCUT2D eigenvalue weighted by Crippen LogP contribution is 2.26. The molecule has 1 aromatic carbocycles. The number of aliphatic hydroxyl groups excluding tert-OH is 1. The number of benzene rings is 1. The average Bonchev–Trinajstić information content (AvgIpc) is 2.43. The Morgan fingerprint density at radius 1 is 1.22 bits per heavy atom. The second kappa shape index (κ2) is 7.42. The molecule has 1 rings (SSSR count). The minimum absolute atomic E-state index is 0.0557. The molecule has 6 nitrogen and oxygen atoms in total. The van der Waals surface area contributed by atoms with Crippen LogP contribution in [0, 0.1) is 12.3 Å². The van der Waals surface area contributed by atoms with Gasteiger partial charge in [0.1, 0.15) is 0 Å². The summed E-state index contributed by atoms with van der Waals surface area (Å²) >= 11 is 0. The minimum Gasteiger partial charge on any atom is -0.464 e. The van der Waals surface area contributed by atoms with Crippen molar-refractivity contribution < 1.29 is 27.2 Å². The van der Waals surface area contributed by atoms with Gasteiger partial charge in [-0.25, -0.2) is 8.98 Å². The SMILES string of the molecule is CCOC(=O)[C@H](OS(=O)(=O)c1ccc(C)cc1)[C@@H](O)C(C)(C)C. The van der Waals surface area contributed by atoms with Crippen molar-refractivity contribution in [2.24, 2.45) is 5.41 Å². The highest BCUT2D eigenvalue weighted by molar-refractivity contribution is 7.86. The van der Waals surface area contributed by atoms with Crippen molar-refractivity contribution in [3.8, 4) is 0 Å². The molecule has 130 valence electrons. The first kappa shape index (κ1) is 19.6. The van der Waals surface area contributed by atoms with E-state index in [1.54, 1.807) is 39.8 Å². The van der Waals surface area contributed by atoms with Gasteiger partial charge in [-0.1, -0.05) is 38.5 Å². The smallest absolute Gasteiger partial charge is 0.339 e. The lowest BCUT2D eigenvalue weighted by atomic mass is 9.86. The number of carbonyl (C=O) groups is 1. The molecule has 0 saturated heterocycles. The first-order valence-electron chi connectivity index (χ1n) is 7.33. The molecule has 23 heavy (non-hydrogen) atoms. The molecule has 0 amide bonds. The predicted octanol–water partition coefficient (Wildman–Crippen LogP) is 2.04. The van der Waals surface area contributed by atoms with Crippen molar-refractivity contribution in [3.63, 3.8) is 0 Å². The van der Waals surface area contributed by atoms with Crippen molar-refractivity contribution >= 4 is 16.1 Å². The van der Waals surface area contributed by atoms with E-state index < -0.39 is 33.7 Å². The quantitative estimate of drug-likeness (QED) is 0.627. The molecule has 0 unspecified atom stereocenters. The number of aliphatic hydroxyl groups is 1. The number of rotatable bonds is 6. The minimum atomic E-state index is -4.21. The topological polar surface area (TPSA) is 89.9 Å². The third kappa shape index (κ3) is 5.30. The number of hydrogen-bond donors (Lipinski definition) is 1. The van der Waals surface area contributed by atoms with E-state index in [0.29, 0.717) is 0 Å². The maximum Gasteiger partial charge on any atom is 0.339 e. The summed E-state index contributed by atoms with van der Waals surface area (Å²) in [4.78, 5) is 11.9. The molecule has 0 spiro atoms. The highest BCUT2D eigenvalue weighted by atomic mass is 32.2. The molecule has 0 aromatic heterocycles. The van der Waals surface area contributed by atoms with E-state index in [4.69, 9.17) is 8.92 Å². The van der Waals surface area contributed by atoms with Crippen LogP contribution in [0.5, 0.6) is 0 Å². The van der Waals surface area contributed by atoms with Gasteiger partial charge < -0.3 is 9.84 Å². The number of hydrogen-bond acceptors (Lipinski definition) is 6. The molecule has 0 aliphatic heterocycles. The fourth-order valence-electron chi connectivity index (χ4n) is 1.80. The van der Waals surface area contributed by atoms with E-state index in [1.807, 2.05) is 6.92 Å². The maximum absolute atomic E-state index is 12.4. The molecule has 0 aliphatic carbocycles. The van der Waals surface area contributed by atoms with Gasteiger partial charge in [-0.05, 0) is 31.4 Å². The van der Waals surface area contributed by atoms with Gasteiger partial charge >= 0.3 is 5.97 Å². The van der Waals surface area contributed by atoms with Crippen LogP contribution in [0.15, 0.2) is 29.2 Å². The lowest BCUT2D eigenvalue weighted by molar-refractivity contribution is -0.160. The van der Waals surface area contributed by atoms with Gasteiger partial charge in [0, 0.05) is 0 Å². The second-order valence-corrected chi connectivity index (χ2v) is 7.92. The van der Waals surface area contributed by atoms with Gasteiger partial charge in [0.2, 0.25) is 6.10 Å². The van der Waals surface area contributed by atoms with Crippen molar-refractivity contribution in [3.05, 3.63) is 29.8 Å². The molecule has 0 heterocycles. The summed E-state index contributed by atoms with van der Waals surface area (Å²) in [5.74, 6) is -0.911. The number of aryl methyl sites for hydroxylation is 1. The molecular weight excluding hydrogens is 320 g/mol. The lowest BCUT2D eigenvalue weighted by Gasteiger charge is -2.30. The summed E-state index contributed by atoms with van der Waals surface area (Å²) in [6, 6.07) is 6.01. The van der Waals surface area contributed by atoms with E-state index in [2.05, 4.69) is 0 Å². The molecule has 2 atom stereocenters. The molecule has 0 saturated carbocycles. The van der Waals surface area contributed by atoms with Gasteiger partial charge in [-0.2, -0.15) is 8.42 Å². The van der Waals surface area contributed by atoms with Crippen LogP contribution in [0.25, 0.3) is 0 Å². The Hall–Kier alpha value is -1.44. The zero-order valence-corrected chi connectivity index (χ0v) is 14.9. The van der Waals surface area contributed by atoms with Crippen molar-refractivity contribution in [2.75, 3.05) is 6.61 Å². The Kier molecular flexibility index (Phi) is 6.33. The van der Waals surface area contributed by atoms with Crippen LogP contribution in [0.4, 0.5) is 0 Å². The van der Waals surface area contributed by atoms with Crippen LogP contribution in [0.3, 0.4) is 0 Å². The standard InChI is InChI=1S/C16H24O6S/c1-6-21-15(18)13(14(17)16(3,4)5)22-23(19,20)12-9-7-11(2)8-10-12/h7-10,13-14,17H,6H2,1-5H3/t13-,14-/m1/s1. The van der Waals surface area contributed by atoms with E-state index in [9.17, 15) is 18.3 Å². The monoisotopic (exact) mass is 344 g/mol. The third-order valence-corrected chi connectivity index (χ3v) is 4.54. The summed E-state index contributed by atoms with van der Waals surface area (Å²) in [5.41, 5.74) is 0.126. The molecule has 0 bridgehead atoms. The normalized spacial score (nSPS) is 15.0. The van der Waals surface area contributed by atoms with E-state index in [-0.39, 0.29) is 11.5 Å². The Bertz CT molecular complexity index is 628. The highest BCUT2D eigenvalue weighted by Gasteiger charge is 2.40. The molecule has 0 fully saturated rings. The second-order valence-electron chi connectivity index (χ2n) is 6.35. The first-order valence-corrected chi connectivity index (χ1v) is 8.74.